The molecule has 2 atom stereocenters. The van der Waals surface area contributed by atoms with Crippen LogP contribution in [0.15, 0.2) is 83.9 Å². The summed E-state index contributed by atoms with van der Waals surface area (Å²) in [6.07, 6.45) is 1.79. The maximum Gasteiger partial charge on any atom is 0.254 e. The van der Waals surface area contributed by atoms with Gasteiger partial charge in [0.2, 0.25) is 0 Å². The number of benzene rings is 3. The number of pyridine rings is 1. The summed E-state index contributed by atoms with van der Waals surface area (Å²) in [5.74, 6) is -1.17. The Morgan fingerprint density at radius 2 is 1.65 bits per heavy atom. The number of fused-ring (bicyclic) bond motifs is 1. The normalized spacial score (nSPS) is 18.2. The first-order valence-electron chi connectivity index (χ1n) is 12.2. The fourth-order valence-electron chi connectivity index (χ4n) is 5.02. The second-order valence-electron chi connectivity index (χ2n) is 9.49. The third-order valence-electron chi connectivity index (χ3n) is 6.56. The fourth-order valence-corrected chi connectivity index (χ4v) is 5.80. The summed E-state index contributed by atoms with van der Waals surface area (Å²) < 4.78 is 30.5. The lowest BCUT2D eigenvalue weighted by molar-refractivity contribution is 0.0268. The molecule has 37 heavy (non-hydrogen) atoms. The first-order chi connectivity index (χ1) is 17.9. The highest BCUT2D eigenvalue weighted by molar-refractivity contribution is 8.00. The van der Waals surface area contributed by atoms with Crippen LogP contribution in [0.3, 0.4) is 0 Å². The van der Waals surface area contributed by atoms with Crippen LogP contribution in [0.2, 0.25) is 0 Å². The van der Waals surface area contributed by atoms with E-state index in [1.807, 2.05) is 73.3 Å². The van der Waals surface area contributed by atoms with Crippen molar-refractivity contribution in [1.82, 2.24) is 14.8 Å². The Hall–Kier alpha value is -3.49. The molecule has 1 aromatic heterocycles. The lowest BCUT2D eigenvalue weighted by atomic mass is 10.0. The zero-order valence-electron chi connectivity index (χ0n) is 20.7. The molecule has 0 radical (unpaired) electrons. The van der Waals surface area contributed by atoms with Gasteiger partial charge in [0, 0.05) is 60.6 Å². The minimum Gasteiger partial charge on any atom is -0.331 e. The molecule has 2 unspecified atom stereocenters. The molecule has 1 fully saturated rings. The largest absolute Gasteiger partial charge is 0.331 e. The SMILES string of the molecule is CC1CN(Cc2cc(F)cc(F)c2)CC(C)N1C(=O)c1ccc(NSc2cccc3cccnc23)cc1. The molecule has 3 aromatic carbocycles. The quantitative estimate of drug-likeness (QED) is 0.301. The average Bonchev–Trinajstić information content (AvgIpc) is 2.86. The number of nitrogens with zero attached hydrogens (tertiary/aromatic N) is 3. The van der Waals surface area contributed by atoms with Crippen molar-refractivity contribution in [1.29, 1.82) is 0 Å². The predicted molar refractivity (Wildman–Crippen MR) is 144 cm³/mol. The number of anilines is 1. The summed E-state index contributed by atoms with van der Waals surface area (Å²) in [4.78, 5) is 22.9. The lowest BCUT2D eigenvalue weighted by Gasteiger charge is -2.44. The molecule has 0 spiro atoms. The van der Waals surface area contributed by atoms with Crippen molar-refractivity contribution < 1.29 is 13.6 Å². The number of hydrogen-bond donors (Lipinski definition) is 1. The van der Waals surface area contributed by atoms with Gasteiger partial charge in [0.25, 0.3) is 5.91 Å². The molecule has 0 aliphatic carbocycles. The van der Waals surface area contributed by atoms with E-state index in [-0.39, 0.29) is 18.0 Å². The van der Waals surface area contributed by atoms with Crippen molar-refractivity contribution in [2.75, 3.05) is 17.8 Å². The maximum atomic E-state index is 13.6. The molecular weight excluding hydrogens is 490 g/mol. The Bertz CT molecular complexity index is 1380. The lowest BCUT2D eigenvalue weighted by Crippen LogP contribution is -2.58. The monoisotopic (exact) mass is 518 g/mol. The summed E-state index contributed by atoms with van der Waals surface area (Å²) in [5.41, 5.74) is 3.06. The highest BCUT2D eigenvalue weighted by Gasteiger charge is 2.33. The molecule has 1 N–H and O–H groups in total. The molecule has 2 heterocycles. The van der Waals surface area contributed by atoms with E-state index in [1.54, 1.807) is 6.20 Å². The fraction of sp³-hybridized carbons (Fsp3) is 0.241. The Morgan fingerprint density at radius 1 is 0.973 bits per heavy atom. The molecule has 1 aliphatic heterocycles. The summed E-state index contributed by atoms with van der Waals surface area (Å²) in [5, 5.41) is 1.08. The van der Waals surface area contributed by atoms with Crippen LogP contribution in [0.5, 0.6) is 0 Å². The molecule has 5 nitrogen and oxygen atoms in total. The van der Waals surface area contributed by atoms with Crippen molar-refractivity contribution in [3.8, 4) is 0 Å². The van der Waals surface area contributed by atoms with E-state index >= 15 is 0 Å². The summed E-state index contributed by atoms with van der Waals surface area (Å²) in [6, 6.07) is 21.1. The Kier molecular flexibility index (Phi) is 7.39. The van der Waals surface area contributed by atoms with Crippen molar-refractivity contribution in [3.05, 3.63) is 102 Å². The van der Waals surface area contributed by atoms with Crippen LogP contribution < -0.4 is 4.72 Å². The summed E-state index contributed by atoms with van der Waals surface area (Å²) in [6.45, 7) is 5.72. The second-order valence-corrected chi connectivity index (χ2v) is 10.3. The zero-order chi connectivity index (χ0) is 25.9. The van der Waals surface area contributed by atoms with Gasteiger partial charge < -0.3 is 9.62 Å². The molecule has 8 heteroatoms. The van der Waals surface area contributed by atoms with Crippen LogP contribution in [0.4, 0.5) is 14.5 Å². The smallest absolute Gasteiger partial charge is 0.254 e. The van der Waals surface area contributed by atoms with Gasteiger partial charge in [0.05, 0.1) is 10.4 Å². The van der Waals surface area contributed by atoms with E-state index in [4.69, 9.17) is 0 Å². The average molecular weight is 519 g/mol. The van der Waals surface area contributed by atoms with Crippen LogP contribution in [0, 0.1) is 11.6 Å². The predicted octanol–water partition coefficient (Wildman–Crippen LogP) is 6.37. The Morgan fingerprint density at radius 3 is 2.35 bits per heavy atom. The number of carbonyl (C=O) groups excluding carboxylic acids is 1. The topological polar surface area (TPSA) is 48.5 Å². The third kappa shape index (κ3) is 5.76. The third-order valence-corrected chi connectivity index (χ3v) is 7.45. The van der Waals surface area contributed by atoms with Gasteiger partial charge in [-0.2, -0.15) is 0 Å². The number of para-hydroxylation sites is 1. The number of carbonyl (C=O) groups is 1. The highest BCUT2D eigenvalue weighted by atomic mass is 32.2. The van der Waals surface area contributed by atoms with Crippen molar-refractivity contribution in [3.63, 3.8) is 0 Å². The molecular formula is C29H28F2N4OS. The van der Waals surface area contributed by atoms with Crippen LogP contribution in [0.25, 0.3) is 10.9 Å². The van der Waals surface area contributed by atoms with Gasteiger partial charge in [0.15, 0.2) is 0 Å². The van der Waals surface area contributed by atoms with Gasteiger partial charge in [-0.15, -0.1) is 0 Å². The maximum absolute atomic E-state index is 13.6. The Labute approximate surface area is 219 Å². The van der Waals surface area contributed by atoms with Crippen molar-refractivity contribution in [2.24, 2.45) is 0 Å². The van der Waals surface area contributed by atoms with Gasteiger partial charge >= 0.3 is 0 Å². The minimum absolute atomic E-state index is 0.0195. The summed E-state index contributed by atoms with van der Waals surface area (Å²) >= 11 is 1.49. The number of piperazine rings is 1. The Balaban J connectivity index is 1.21. The van der Waals surface area contributed by atoms with E-state index in [0.717, 1.165) is 27.6 Å². The van der Waals surface area contributed by atoms with Crippen LogP contribution >= 0.6 is 11.9 Å². The van der Waals surface area contributed by atoms with Crippen molar-refractivity contribution in [2.45, 2.75) is 37.4 Å². The van der Waals surface area contributed by atoms with E-state index in [2.05, 4.69) is 14.6 Å². The van der Waals surface area contributed by atoms with E-state index in [9.17, 15) is 13.6 Å². The second kappa shape index (κ2) is 10.9. The van der Waals surface area contributed by atoms with E-state index in [1.165, 1.54) is 24.1 Å². The number of rotatable bonds is 6. The molecule has 0 saturated carbocycles. The zero-order valence-corrected chi connectivity index (χ0v) is 21.5. The van der Waals surface area contributed by atoms with Gasteiger partial charge in [-0.3, -0.25) is 14.7 Å². The molecule has 0 bridgehead atoms. The molecule has 1 amide bonds. The van der Waals surface area contributed by atoms with Crippen LogP contribution in [-0.2, 0) is 6.54 Å². The molecule has 190 valence electrons. The van der Waals surface area contributed by atoms with Gasteiger partial charge in [-0.1, -0.05) is 18.2 Å². The van der Waals surface area contributed by atoms with Gasteiger partial charge in [-0.25, -0.2) is 8.78 Å². The summed E-state index contributed by atoms with van der Waals surface area (Å²) in [7, 11) is 0. The number of aromatic nitrogens is 1. The van der Waals surface area contributed by atoms with E-state index < -0.39 is 11.6 Å². The molecule has 4 aromatic rings. The highest BCUT2D eigenvalue weighted by Crippen LogP contribution is 2.28. The van der Waals surface area contributed by atoms with Crippen molar-refractivity contribution >= 4 is 34.4 Å². The number of nitrogens with one attached hydrogen (secondary N) is 1. The number of hydrogen-bond acceptors (Lipinski definition) is 5. The molecule has 5 rings (SSSR count). The molecule has 1 aliphatic rings. The first kappa shape index (κ1) is 25.2. The minimum atomic E-state index is -0.574. The molecule has 1 saturated heterocycles. The standard InChI is InChI=1S/C29H28F2N4OS/c1-19-16-34(18-21-13-24(30)15-25(31)14-21)17-20(2)35(19)29(36)23-8-10-26(11-9-23)33-37-27-7-3-5-22-6-4-12-32-28(22)27/h3-15,19-20,33H,16-18H2,1-2H3. The van der Waals surface area contributed by atoms with Gasteiger partial charge in [0.1, 0.15) is 11.6 Å². The first-order valence-corrected chi connectivity index (χ1v) is 13.1. The van der Waals surface area contributed by atoms with Crippen LogP contribution in [-0.4, -0.2) is 45.9 Å². The van der Waals surface area contributed by atoms with E-state index in [0.29, 0.717) is 30.8 Å². The van der Waals surface area contributed by atoms with Crippen LogP contribution in [0.1, 0.15) is 29.8 Å². The van der Waals surface area contributed by atoms with Gasteiger partial charge in [-0.05, 0) is 79.9 Å². The number of halogens is 2. The number of amides is 1.